The normalized spacial score (nSPS) is 17.0. The number of carbonyl (C=O) groups excluding carboxylic acids is 1. The number of hydrogen-bond donors (Lipinski definition) is 1. The molecule has 41 heavy (non-hydrogen) atoms. The third-order valence-electron chi connectivity index (χ3n) is 8.11. The zero-order valence-electron chi connectivity index (χ0n) is 22.7. The van der Waals surface area contributed by atoms with Gasteiger partial charge in [0.2, 0.25) is 5.43 Å². The quantitative estimate of drug-likeness (QED) is 0.319. The van der Waals surface area contributed by atoms with Crippen LogP contribution in [0.15, 0.2) is 53.5 Å². The van der Waals surface area contributed by atoms with E-state index in [1.807, 2.05) is 45.9 Å². The molecule has 3 aliphatic heterocycles. The fraction of sp³-hybridized carbons (Fsp3) is 0.355. The number of ether oxygens (including phenoxy) is 3. The lowest BCUT2D eigenvalue weighted by molar-refractivity contribution is 0.0374. The molecule has 0 saturated carbocycles. The van der Waals surface area contributed by atoms with E-state index in [1.165, 1.54) is 6.07 Å². The number of carbonyl (C=O) groups is 1. The first-order valence-electron chi connectivity index (χ1n) is 14.1. The highest BCUT2D eigenvalue weighted by Gasteiger charge is 2.32. The van der Waals surface area contributed by atoms with Crippen molar-refractivity contribution in [2.45, 2.75) is 6.42 Å². The van der Waals surface area contributed by atoms with Crippen LogP contribution >= 0.6 is 0 Å². The van der Waals surface area contributed by atoms with E-state index in [2.05, 4.69) is 10.2 Å². The first-order chi connectivity index (χ1) is 20.1. The fourth-order valence-corrected chi connectivity index (χ4v) is 6.00. The van der Waals surface area contributed by atoms with Crippen molar-refractivity contribution in [3.8, 4) is 17.2 Å². The molecule has 1 aromatic heterocycles. The summed E-state index contributed by atoms with van der Waals surface area (Å²) in [4.78, 5) is 31.2. The molecule has 4 aromatic rings. The van der Waals surface area contributed by atoms with E-state index in [4.69, 9.17) is 14.2 Å². The number of anilines is 1. The number of benzene rings is 3. The summed E-state index contributed by atoms with van der Waals surface area (Å²) in [6.45, 7) is 6.37. The molecule has 0 radical (unpaired) electrons. The van der Waals surface area contributed by atoms with Gasteiger partial charge >= 0.3 is 0 Å². The van der Waals surface area contributed by atoms with Crippen molar-refractivity contribution in [2.24, 2.45) is 0 Å². The average Bonchev–Trinajstić information content (AvgIpc) is 3.01. The van der Waals surface area contributed by atoms with E-state index in [9.17, 15) is 9.59 Å². The molecule has 3 aromatic carbocycles. The molecule has 2 saturated heterocycles. The molecule has 7 rings (SSSR count). The first-order valence-corrected chi connectivity index (χ1v) is 14.1. The standard InChI is InChI=1S/C31H31FN4O5/c32-24-18-22-26-30(27(24)35-12-16-40-17-13-35)41-29-21-5-2-1-4-20(21)6-7-25(29)36(26)19-23(28(22)37)31(38)33-8-3-9-34-10-14-39-15-11-34/h1-2,4-7,18-19H,3,8-17H2,(H,33,38). The van der Waals surface area contributed by atoms with Gasteiger partial charge in [-0.05, 0) is 30.5 Å². The molecule has 2 fully saturated rings. The summed E-state index contributed by atoms with van der Waals surface area (Å²) in [6, 6.07) is 12.9. The number of pyridine rings is 1. The van der Waals surface area contributed by atoms with Crippen LogP contribution in [0.1, 0.15) is 16.8 Å². The monoisotopic (exact) mass is 558 g/mol. The number of rotatable bonds is 6. The van der Waals surface area contributed by atoms with Gasteiger partial charge < -0.3 is 29.0 Å². The van der Waals surface area contributed by atoms with Gasteiger partial charge in [0.15, 0.2) is 17.3 Å². The van der Waals surface area contributed by atoms with E-state index >= 15 is 4.39 Å². The number of halogens is 1. The molecule has 0 spiro atoms. The maximum Gasteiger partial charge on any atom is 0.256 e. The van der Waals surface area contributed by atoms with Crippen molar-refractivity contribution in [2.75, 3.05) is 70.6 Å². The molecule has 10 heteroatoms. The second-order valence-corrected chi connectivity index (χ2v) is 10.6. The summed E-state index contributed by atoms with van der Waals surface area (Å²) < 4.78 is 35.1. The zero-order chi connectivity index (χ0) is 27.9. The number of aromatic nitrogens is 1. The van der Waals surface area contributed by atoms with Crippen LogP contribution in [-0.4, -0.2) is 81.1 Å². The third-order valence-corrected chi connectivity index (χ3v) is 8.11. The van der Waals surface area contributed by atoms with Crippen LogP contribution in [0, 0.1) is 5.82 Å². The summed E-state index contributed by atoms with van der Waals surface area (Å²) in [5.74, 6) is -0.210. The molecular formula is C31H31FN4O5. The van der Waals surface area contributed by atoms with Crippen molar-refractivity contribution in [1.29, 1.82) is 0 Å². The van der Waals surface area contributed by atoms with Gasteiger partial charge in [0.05, 0.1) is 37.5 Å². The van der Waals surface area contributed by atoms with Gasteiger partial charge in [-0.2, -0.15) is 0 Å². The Bertz CT molecular complexity index is 1710. The molecular weight excluding hydrogens is 527 g/mol. The van der Waals surface area contributed by atoms with Crippen LogP contribution in [0.2, 0.25) is 0 Å². The lowest BCUT2D eigenvalue weighted by Crippen LogP contribution is -2.38. The Morgan fingerprint density at radius 1 is 0.927 bits per heavy atom. The van der Waals surface area contributed by atoms with E-state index < -0.39 is 17.2 Å². The largest absolute Gasteiger partial charge is 0.450 e. The molecule has 4 heterocycles. The Hall–Kier alpha value is -3.99. The van der Waals surface area contributed by atoms with Crippen molar-refractivity contribution >= 4 is 33.3 Å². The Morgan fingerprint density at radius 3 is 2.49 bits per heavy atom. The molecule has 0 atom stereocenters. The second kappa shape index (κ2) is 10.8. The van der Waals surface area contributed by atoms with Crippen LogP contribution in [0.5, 0.6) is 11.5 Å². The minimum Gasteiger partial charge on any atom is -0.450 e. The maximum absolute atomic E-state index is 15.9. The van der Waals surface area contributed by atoms with Gasteiger partial charge in [-0.25, -0.2) is 4.39 Å². The van der Waals surface area contributed by atoms with Gasteiger partial charge in [-0.3, -0.25) is 14.5 Å². The summed E-state index contributed by atoms with van der Waals surface area (Å²) in [5, 5.41) is 4.83. The maximum atomic E-state index is 15.9. The molecule has 9 nitrogen and oxygen atoms in total. The van der Waals surface area contributed by atoms with Crippen LogP contribution in [0.25, 0.3) is 27.4 Å². The number of nitrogens with one attached hydrogen (secondary N) is 1. The van der Waals surface area contributed by atoms with Crippen molar-refractivity contribution in [3.05, 3.63) is 70.3 Å². The van der Waals surface area contributed by atoms with Crippen molar-refractivity contribution in [3.63, 3.8) is 0 Å². The molecule has 212 valence electrons. The minimum absolute atomic E-state index is 0.0330. The molecule has 0 aliphatic carbocycles. The number of morpholine rings is 2. The summed E-state index contributed by atoms with van der Waals surface area (Å²) in [5.41, 5.74) is 0.872. The molecule has 0 unspecified atom stereocenters. The van der Waals surface area contributed by atoms with Gasteiger partial charge in [-0.1, -0.05) is 30.3 Å². The van der Waals surface area contributed by atoms with Crippen LogP contribution in [0.4, 0.5) is 10.1 Å². The highest BCUT2D eigenvalue weighted by atomic mass is 19.1. The van der Waals surface area contributed by atoms with Crippen molar-refractivity contribution in [1.82, 2.24) is 14.8 Å². The predicted molar refractivity (Wildman–Crippen MR) is 154 cm³/mol. The van der Waals surface area contributed by atoms with E-state index in [0.717, 1.165) is 50.0 Å². The second-order valence-electron chi connectivity index (χ2n) is 10.6. The van der Waals surface area contributed by atoms with Crippen LogP contribution in [-0.2, 0) is 9.47 Å². The van der Waals surface area contributed by atoms with Crippen molar-refractivity contribution < 1.29 is 23.4 Å². The fourth-order valence-electron chi connectivity index (χ4n) is 6.00. The Kier molecular flexibility index (Phi) is 6.82. The number of hydrogen-bond acceptors (Lipinski definition) is 7. The molecule has 3 aliphatic rings. The lowest BCUT2D eigenvalue weighted by Gasteiger charge is -2.33. The van der Waals surface area contributed by atoms with Gasteiger partial charge in [0, 0.05) is 44.3 Å². The number of fused-ring (bicyclic) bond motifs is 4. The topological polar surface area (TPSA) is 85.3 Å². The first kappa shape index (κ1) is 25.9. The SMILES string of the molecule is O=C(NCCCN1CCOCC1)c1cn2c3c(c(N4CCOCC4)c(F)cc3c1=O)Oc1c-2ccc2ccccc12. The van der Waals surface area contributed by atoms with E-state index in [-0.39, 0.29) is 16.7 Å². The Morgan fingerprint density at radius 2 is 1.68 bits per heavy atom. The minimum atomic E-state index is -0.565. The van der Waals surface area contributed by atoms with E-state index in [1.54, 1.807) is 6.20 Å². The molecule has 1 amide bonds. The summed E-state index contributed by atoms with van der Waals surface area (Å²) in [7, 11) is 0. The predicted octanol–water partition coefficient (Wildman–Crippen LogP) is 3.68. The third kappa shape index (κ3) is 4.61. The molecule has 0 bridgehead atoms. The molecule has 1 N–H and O–H groups in total. The van der Waals surface area contributed by atoms with Gasteiger partial charge in [0.25, 0.3) is 5.91 Å². The van der Waals surface area contributed by atoms with E-state index in [0.29, 0.717) is 55.5 Å². The average molecular weight is 559 g/mol. The zero-order valence-corrected chi connectivity index (χ0v) is 22.7. The summed E-state index contributed by atoms with van der Waals surface area (Å²) >= 11 is 0. The smallest absolute Gasteiger partial charge is 0.256 e. The Balaban J connectivity index is 1.32. The van der Waals surface area contributed by atoms with Gasteiger partial charge in [0.1, 0.15) is 16.8 Å². The summed E-state index contributed by atoms with van der Waals surface area (Å²) in [6.07, 6.45) is 2.32. The van der Waals surface area contributed by atoms with Crippen LogP contribution < -0.4 is 20.4 Å². The van der Waals surface area contributed by atoms with Gasteiger partial charge in [-0.15, -0.1) is 0 Å². The lowest BCUT2D eigenvalue weighted by atomic mass is 10.0. The highest BCUT2D eigenvalue weighted by molar-refractivity contribution is 6.03. The number of amides is 1. The highest BCUT2D eigenvalue weighted by Crippen LogP contribution is 2.48. The van der Waals surface area contributed by atoms with Crippen LogP contribution in [0.3, 0.4) is 0 Å². The number of nitrogens with zero attached hydrogens (tertiary/aromatic N) is 3. The Labute approximate surface area is 236 Å².